The van der Waals surface area contributed by atoms with Crippen molar-refractivity contribution in [2.45, 2.75) is 53.0 Å². The number of ether oxygens (including phenoxy) is 1. The number of nitrogens with one attached hydrogen (secondary N) is 1. The molecule has 2 aromatic rings. The highest BCUT2D eigenvalue weighted by Gasteiger charge is 2.28. The van der Waals surface area contributed by atoms with Crippen molar-refractivity contribution in [2.24, 2.45) is 5.92 Å². The van der Waals surface area contributed by atoms with Gasteiger partial charge < -0.3 is 14.6 Å². The van der Waals surface area contributed by atoms with Gasteiger partial charge >= 0.3 is 5.97 Å². The van der Waals surface area contributed by atoms with E-state index in [-0.39, 0.29) is 24.2 Å². The third-order valence-electron chi connectivity index (χ3n) is 5.03. The molecule has 0 radical (unpaired) electrons. The number of aryl methyl sites for hydroxylation is 1. The number of benzene rings is 1. The first-order valence-electron chi connectivity index (χ1n) is 10.0. The number of carbonyl (C=O) groups excluding carboxylic acids is 3. The lowest BCUT2D eigenvalue weighted by molar-refractivity contribution is -0.116. The van der Waals surface area contributed by atoms with Crippen molar-refractivity contribution in [1.82, 2.24) is 4.57 Å². The molecule has 1 saturated carbocycles. The highest BCUT2D eigenvalue weighted by molar-refractivity contribution is 6.00. The molecule has 0 bridgehead atoms. The van der Waals surface area contributed by atoms with E-state index in [1.165, 1.54) is 0 Å². The average Bonchev–Trinajstić information content (AvgIpc) is 3.44. The van der Waals surface area contributed by atoms with Crippen LogP contribution >= 0.6 is 0 Å². The largest absolute Gasteiger partial charge is 0.454 e. The summed E-state index contributed by atoms with van der Waals surface area (Å²) in [6, 6.07) is 8.92. The van der Waals surface area contributed by atoms with Gasteiger partial charge in [0.25, 0.3) is 0 Å². The summed E-state index contributed by atoms with van der Waals surface area (Å²) in [5, 5.41) is 2.80. The van der Waals surface area contributed by atoms with Crippen molar-refractivity contribution >= 4 is 23.3 Å². The summed E-state index contributed by atoms with van der Waals surface area (Å²) < 4.78 is 7.43. The Bertz CT molecular complexity index is 921. The molecule has 154 valence electrons. The highest BCUT2D eigenvalue weighted by Crippen LogP contribution is 2.38. The van der Waals surface area contributed by atoms with Crippen LogP contribution in [-0.2, 0) is 9.53 Å². The van der Waals surface area contributed by atoms with Crippen LogP contribution in [0, 0.1) is 19.8 Å². The number of esters is 1. The van der Waals surface area contributed by atoms with Crippen molar-refractivity contribution in [3.63, 3.8) is 0 Å². The molecule has 1 fully saturated rings. The van der Waals surface area contributed by atoms with Gasteiger partial charge in [-0.15, -0.1) is 0 Å². The molecule has 1 aliphatic rings. The maximum Gasteiger partial charge on any atom is 0.340 e. The number of nitrogens with zero attached hydrogens (tertiary/aromatic N) is 1. The number of anilines is 1. The quantitative estimate of drug-likeness (QED) is 0.528. The molecule has 3 rings (SSSR count). The molecule has 6 heteroatoms. The standard InChI is InChI=1S/C23H28N2O4/c1-14(2)11-22(27)24-18-7-5-17(6-8-18)21(26)13-29-23(28)20-12-15(3)25(16(20)4)19-9-10-19/h5-8,12,14,19H,9-11,13H2,1-4H3,(H,24,27). The van der Waals surface area contributed by atoms with E-state index in [2.05, 4.69) is 9.88 Å². The second-order valence-corrected chi connectivity index (χ2v) is 8.11. The fourth-order valence-corrected chi connectivity index (χ4v) is 3.49. The first-order valence-corrected chi connectivity index (χ1v) is 10.0. The Morgan fingerprint density at radius 1 is 1.14 bits per heavy atom. The van der Waals surface area contributed by atoms with E-state index >= 15 is 0 Å². The Morgan fingerprint density at radius 2 is 1.79 bits per heavy atom. The van der Waals surface area contributed by atoms with Crippen LogP contribution in [0.2, 0.25) is 0 Å². The zero-order valence-corrected chi connectivity index (χ0v) is 17.5. The lowest BCUT2D eigenvalue weighted by atomic mass is 10.1. The van der Waals surface area contributed by atoms with E-state index in [4.69, 9.17) is 4.74 Å². The second kappa shape index (κ2) is 8.64. The van der Waals surface area contributed by atoms with E-state index in [0.29, 0.717) is 29.3 Å². The summed E-state index contributed by atoms with van der Waals surface area (Å²) >= 11 is 0. The number of hydrogen-bond acceptors (Lipinski definition) is 4. The molecular weight excluding hydrogens is 368 g/mol. The van der Waals surface area contributed by atoms with Gasteiger partial charge in [0.1, 0.15) is 0 Å². The van der Waals surface area contributed by atoms with Crippen LogP contribution < -0.4 is 5.32 Å². The molecular formula is C23H28N2O4. The smallest absolute Gasteiger partial charge is 0.340 e. The summed E-state index contributed by atoms with van der Waals surface area (Å²) in [5.74, 6) is -0.540. The molecule has 0 unspecified atom stereocenters. The molecule has 1 N–H and O–H groups in total. The van der Waals surface area contributed by atoms with E-state index in [9.17, 15) is 14.4 Å². The Morgan fingerprint density at radius 3 is 2.38 bits per heavy atom. The van der Waals surface area contributed by atoms with Crippen molar-refractivity contribution in [3.8, 4) is 0 Å². The summed E-state index contributed by atoms with van der Waals surface area (Å²) in [6.07, 6.45) is 2.71. The molecule has 1 aliphatic carbocycles. The zero-order valence-electron chi connectivity index (χ0n) is 17.5. The topological polar surface area (TPSA) is 77.4 Å². The number of rotatable bonds is 8. The van der Waals surface area contributed by atoms with Crippen molar-refractivity contribution in [2.75, 3.05) is 11.9 Å². The second-order valence-electron chi connectivity index (χ2n) is 8.11. The Kier molecular flexibility index (Phi) is 6.20. The van der Waals surface area contributed by atoms with Crippen LogP contribution in [0.15, 0.2) is 30.3 Å². The van der Waals surface area contributed by atoms with Gasteiger partial charge in [0.2, 0.25) is 5.91 Å². The predicted molar refractivity (Wildman–Crippen MR) is 111 cm³/mol. The molecule has 6 nitrogen and oxygen atoms in total. The monoisotopic (exact) mass is 396 g/mol. The van der Waals surface area contributed by atoms with Crippen molar-refractivity contribution in [3.05, 3.63) is 52.8 Å². The number of ketones is 1. The molecule has 0 aliphatic heterocycles. The van der Waals surface area contributed by atoms with Crippen LogP contribution in [-0.4, -0.2) is 28.8 Å². The number of carbonyl (C=O) groups is 3. The first kappa shape index (κ1) is 20.8. The van der Waals surface area contributed by atoms with Gasteiger partial charge in [-0.25, -0.2) is 4.79 Å². The summed E-state index contributed by atoms with van der Waals surface area (Å²) in [4.78, 5) is 36.6. The van der Waals surface area contributed by atoms with Gasteiger partial charge in [0, 0.05) is 35.1 Å². The third-order valence-corrected chi connectivity index (χ3v) is 5.03. The molecule has 1 aromatic heterocycles. The van der Waals surface area contributed by atoms with Gasteiger partial charge in [-0.3, -0.25) is 9.59 Å². The molecule has 0 saturated heterocycles. The van der Waals surface area contributed by atoms with Gasteiger partial charge in [-0.2, -0.15) is 0 Å². The van der Waals surface area contributed by atoms with E-state index in [0.717, 1.165) is 24.2 Å². The number of aromatic nitrogens is 1. The number of amides is 1. The van der Waals surface area contributed by atoms with Crippen LogP contribution in [0.4, 0.5) is 5.69 Å². The lowest BCUT2D eigenvalue weighted by Gasteiger charge is -2.09. The summed E-state index contributed by atoms with van der Waals surface area (Å²) in [6.45, 7) is 7.54. The Balaban J connectivity index is 1.56. The van der Waals surface area contributed by atoms with Crippen molar-refractivity contribution in [1.29, 1.82) is 0 Å². The fraction of sp³-hybridized carbons (Fsp3) is 0.435. The highest BCUT2D eigenvalue weighted by atomic mass is 16.5. The molecule has 29 heavy (non-hydrogen) atoms. The predicted octanol–water partition coefficient (Wildman–Crippen LogP) is 4.46. The number of Topliss-reactive ketones (excluding diaryl/α,β-unsaturated/α-hetero) is 1. The molecule has 1 heterocycles. The zero-order chi connectivity index (χ0) is 21.1. The van der Waals surface area contributed by atoms with Crippen LogP contribution in [0.5, 0.6) is 0 Å². The van der Waals surface area contributed by atoms with Crippen LogP contribution in [0.1, 0.15) is 71.3 Å². The Hall–Kier alpha value is -2.89. The van der Waals surface area contributed by atoms with E-state index in [1.54, 1.807) is 24.3 Å². The van der Waals surface area contributed by atoms with Gasteiger partial charge in [0.05, 0.1) is 5.56 Å². The minimum atomic E-state index is -0.476. The average molecular weight is 396 g/mol. The Labute approximate surface area is 171 Å². The SMILES string of the molecule is Cc1cc(C(=O)OCC(=O)c2ccc(NC(=O)CC(C)C)cc2)c(C)n1C1CC1. The minimum absolute atomic E-state index is 0.0585. The van der Waals surface area contributed by atoms with Gasteiger partial charge in [-0.1, -0.05) is 13.8 Å². The van der Waals surface area contributed by atoms with E-state index < -0.39 is 5.97 Å². The summed E-state index contributed by atoms with van der Waals surface area (Å²) in [5.41, 5.74) is 3.52. The van der Waals surface area contributed by atoms with Crippen LogP contribution in [0.3, 0.4) is 0 Å². The molecule has 0 atom stereocenters. The molecule has 0 spiro atoms. The molecule has 1 amide bonds. The lowest BCUT2D eigenvalue weighted by Crippen LogP contribution is -2.16. The number of hydrogen-bond donors (Lipinski definition) is 1. The minimum Gasteiger partial charge on any atom is -0.454 e. The van der Waals surface area contributed by atoms with Crippen LogP contribution in [0.25, 0.3) is 0 Å². The normalized spacial score (nSPS) is 13.4. The maximum atomic E-state index is 12.4. The van der Waals surface area contributed by atoms with Gasteiger partial charge in [-0.05, 0) is 62.9 Å². The van der Waals surface area contributed by atoms with E-state index in [1.807, 2.05) is 33.8 Å². The maximum absolute atomic E-state index is 12.4. The fourth-order valence-electron chi connectivity index (χ4n) is 3.49. The van der Waals surface area contributed by atoms with Crippen molar-refractivity contribution < 1.29 is 19.1 Å². The molecule has 1 aromatic carbocycles. The van der Waals surface area contributed by atoms with Gasteiger partial charge in [0.15, 0.2) is 12.4 Å². The first-order chi connectivity index (χ1) is 13.8. The summed E-state index contributed by atoms with van der Waals surface area (Å²) in [7, 11) is 0. The third kappa shape index (κ3) is 5.13.